The third kappa shape index (κ3) is 3.20. The van der Waals surface area contributed by atoms with Gasteiger partial charge in [0.15, 0.2) is 6.04 Å². The van der Waals surface area contributed by atoms with Gasteiger partial charge in [0.05, 0.1) is 18.4 Å². The summed E-state index contributed by atoms with van der Waals surface area (Å²) in [6.45, 7) is 3.25. The zero-order chi connectivity index (χ0) is 15.8. The molecule has 6 nitrogen and oxygen atoms in total. The lowest BCUT2D eigenvalue weighted by Gasteiger charge is -2.28. The summed E-state index contributed by atoms with van der Waals surface area (Å²) in [4.78, 5) is 24.9. The van der Waals surface area contributed by atoms with Crippen LogP contribution in [0.3, 0.4) is 0 Å². The van der Waals surface area contributed by atoms with E-state index in [1.807, 2.05) is 0 Å². The van der Waals surface area contributed by atoms with Crippen LogP contribution in [0.15, 0.2) is 6.20 Å². The summed E-state index contributed by atoms with van der Waals surface area (Å²) in [5.74, 6) is -1.60. The van der Waals surface area contributed by atoms with Gasteiger partial charge in [0.2, 0.25) is 12.3 Å². The van der Waals surface area contributed by atoms with Gasteiger partial charge in [-0.2, -0.15) is 5.10 Å². The Balaban J connectivity index is 2.13. The van der Waals surface area contributed by atoms with Gasteiger partial charge in [0.25, 0.3) is 0 Å². The van der Waals surface area contributed by atoms with Crippen molar-refractivity contribution >= 4 is 11.9 Å². The maximum absolute atomic E-state index is 12.5. The minimum atomic E-state index is -2.50. The Morgan fingerprint density at radius 3 is 2.81 bits per heavy atom. The van der Waals surface area contributed by atoms with E-state index in [0.29, 0.717) is 11.3 Å². The number of amides is 1. The van der Waals surface area contributed by atoms with Gasteiger partial charge in [-0.15, -0.1) is 0 Å². The number of aromatic nitrogens is 2. The van der Waals surface area contributed by atoms with Crippen LogP contribution in [0.25, 0.3) is 0 Å². The molecule has 0 aromatic carbocycles. The number of carbonyl (C=O) groups excluding carboxylic acids is 1. The van der Waals surface area contributed by atoms with E-state index in [0.717, 1.165) is 0 Å². The molecule has 1 atom stereocenters. The maximum Gasteiger partial charge on any atom is 0.331 e. The van der Waals surface area contributed by atoms with Gasteiger partial charge in [-0.05, 0) is 5.41 Å². The van der Waals surface area contributed by atoms with Gasteiger partial charge >= 0.3 is 5.97 Å². The number of carbonyl (C=O) groups is 2. The quantitative estimate of drug-likeness (QED) is 0.870. The van der Waals surface area contributed by atoms with Crippen molar-refractivity contribution in [3.8, 4) is 0 Å². The van der Waals surface area contributed by atoms with Crippen LogP contribution in [0.4, 0.5) is 8.78 Å². The monoisotopic (exact) mass is 301 g/mol. The van der Waals surface area contributed by atoms with Gasteiger partial charge in [0, 0.05) is 18.4 Å². The number of H-pyrrole nitrogens is 1. The molecule has 1 unspecified atom stereocenters. The summed E-state index contributed by atoms with van der Waals surface area (Å²) >= 11 is 0. The van der Waals surface area contributed by atoms with Crippen LogP contribution in [0.1, 0.15) is 44.0 Å². The second-order valence-electron chi connectivity index (χ2n) is 6.00. The first-order valence-electron chi connectivity index (χ1n) is 6.54. The van der Waals surface area contributed by atoms with E-state index in [4.69, 9.17) is 0 Å². The number of nitrogens with one attached hydrogen (secondary N) is 1. The van der Waals surface area contributed by atoms with E-state index in [2.05, 4.69) is 10.2 Å². The second-order valence-corrected chi connectivity index (χ2v) is 6.00. The number of halogens is 2. The number of hydrogen-bond acceptors (Lipinski definition) is 3. The van der Waals surface area contributed by atoms with E-state index < -0.39 is 36.2 Å². The van der Waals surface area contributed by atoms with Crippen molar-refractivity contribution in [3.05, 3.63) is 17.5 Å². The lowest BCUT2D eigenvalue weighted by molar-refractivity contribution is -0.151. The molecule has 0 fully saturated rings. The average Bonchev–Trinajstić information content (AvgIpc) is 2.83. The van der Waals surface area contributed by atoms with E-state index in [1.165, 1.54) is 11.1 Å². The molecule has 21 heavy (non-hydrogen) atoms. The third-order valence-corrected chi connectivity index (χ3v) is 3.58. The van der Waals surface area contributed by atoms with Crippen LogP contribution in [0.2, 0.25) is 0 Å². The average molecular weight is 301 g/mol. The Hall–Kier alpha value is -1.99. The lowest BCUT2D eigenvalue weighted by Crippen LogP contribution is -2.36. The van der Waals surface area contributed by atoms with E-state index in [9.17, 15) is 23.5 Å². The predicted octanol–water partition coefficient (Wildman–Crippen LogP) is 1.95. The first kappa shape index (κ1) is 15.4. The van der Waals surface area contributed by atoms with E-state index >= 15 is 0 Å². The molecule has 0 radical (unpaired) electrons. The number of carboxylic acid groups (broad SMARTS) is 1. The number of aromatic amines is 1. The number of fused-ring (bicyclic) bond motifs is 1. The highest BCUT2D eigenvalue weighted by Gasteiger charge is 2.41. The predicted molar refractivity (Wildman–Crippen MR) is 68.5 cm³/mol. The highest BCUT2D eigenvalue weighted by atomic mass is 19.3. The molecule has 0 saturated heterocycles. The fraction of sp³-hybridized carbons (Fsp3) is 0.615. The molecule has 8 heteroatoms. The first-order chi connectivity index (χ1) is 9.71. The molecule has 0 spiro atoms. The number of aliphatic carboxylic acids is 1. The van der Waals surface area contributed by atoms with E-state index in [-0.39, 0.29) is 13.0 Å². The Morgan fingerprint density at radius 2 is 2.24 bits per heavy atom. The molecule has 116 valence electrons. The van der Waals surface area contributed by atoms with Crippen molar-refractivity contribution in [3.63, 3.8) is 0 Å². The van der Waals surface area contributed by atoms with Crippen LogP contribution in [0.5, 0.6) is 0 Å². The molecular weight excluding hydrogens is 284 g/mol. The van der Waals surface area contributed by atoms with Gasteiger partial charge in [-0.25, -0.2) is 13.6 Å². The molecule has 1 aromatic rings. The van der Waals surface area contributed by atoms with Crippen LogP contribution in [0, 0.1) is 5.41 Å². The minimum absolute atomic E-state index is 0.107. The van der Waals surface area contributed by atoms with Crippen molar-refractivity contribution in [2.45, 2.75) is 45.7 Å². The molecular formula is C13H17F2N3O3. The normalized spacial score (nSPS) is 18.1. The summed E-state index contributed by atoms with van der Waals surface area (Å²) in [6.07, 6.45) is -1.65. The van der Waals surface area contributed by atoms with Gasteiger partial charge in [-0.1, -0.05) is 13.8 Å². The zero-order valence-electron chi connectivity index (χ0n) is 11.8. The van der Waals surface area contributed by atoms with Crippen molar-refractivity contribution in [2.75, 3.05) is 0 Å². The Kier molecular flexibility index (Phi) is 3.97. The molecule has 1 amide bonds. The van der Waals surface area contributed by atoms with Gasteiger partial charge in [0.1, 0.15) is 0 Å². The highest BCUT2D eigenvalue weighted by molar-refractivity contribution is 5.86. The molecule has 2 rings (SSSR count). The van der Waals surface area contributed by atoms with E-state index in [1.54, 1.807) is 13.8 Å². The summed E-state index contributed by atoms with van der Waals surface area (Å²) < 4.78 is 25.0. The van der Waals surface area contributed by atoms with Crippen molar-refractivity contribution in [1.82, 2.24) is 15.1 Å². The summed E-state index contributed by atoms with van der Waals surface area (Å²) in [5.41, 5.74) is 0.132. The Morgan fingerprint density at radius 1 is 1.57 bits per heavy atom. The van der Waals surface area contributed by atoms with Gasteiger partial charge < -0.3 is 10.0 Å². The number of alkyl halides is 2. The number of rotatable bonds is 5. The molecule has 1 aliphatic heterocycles. The number of carboxylic acids is 1. The highest BCUT2D eigenvalue weighted by Crippen LogP contribution is 2.36. The van der Waals surface area contributed by atoms with Crippen LogP contribution in [-0.4, -0.2) is 38.5 Å². The summed E-state index contributed by atoms with van der Waals surface area (Å²) in [5, 5.41) is 15.7. The molecule has 0 aliphatic carbocycles. The number of hydrogen-bond donors (Lipinski definition) is 2. The zero-order valence-corrected chi connectivity index (χ0v) is 11.8. The van der Waals surface area contributed by atoms with Crippen molar-refractivity contribution in [2.24, 2.45) is 5.41 Å². The Bertz CT molecular complexity index is 557. The van der Waals surface area contributed by atoms with Crippen LogP contribution >= 0.6 is 0 Å². The van der Waals surface area contributed by atoms with Crippen molar-refractivity contribution in [1.29, 1.82) is 0 Å². The Labute approximate surface area is 120 Å². The number of nitrogens with zero attached hydrogens (tertiary/aromatic N) is 2. The first-order valence-corrected chi connectivity index (χ1v) is 6.54. The molecule has 0 bridgehead atoms. The molecule has 2 N–H and O–H groups in total. The van der Waals surface area contributed by atoms with Crippen LogP contribution in [-0.2, 0) is 16.1 Å². The standard InChI is InChI=1S/C13H17F2N3O3/c1-13(2,3-9(14)15)4-10(19)18-6-8-7(5-16-17-8)11(18)12(20)21/h5,9,11H,3-4,6H2,1-2H3,(H,16,17)(H,20,21). The molecule has 2 heterocycles. The second kappa shape index (κ2) is 5.42. The third-order valence-electron chi connectivity index (χ3n) is 3.58. The smallest absolute Gasteiger partial charge is 0.331 e. The fourth-order valence-corrected chi connectivity index (χ4v) is 2.61. The molecule has 1 aromatic heterocycles. The van der Waals surface area contributed by atoms with Crippen LogP contribution < -0.4 is 0 Å². The summed E-state index contributed by atoms with van der Waals surface area (Å²) in [6, 6.07) is -1.10. The topological polar surface area (TPSA) is 86.3 Å². The van der Waals surface area contributed by atoms with Crippen molar-refractivity contribution < 1.29 is 23.5 Å². The lowest BCUT2D eigenvalue weighted by atomic mass is 9.85. The molecule has 1 aliphatic rings. The molecule has 0 saturated carbocycles. The fourth-order valence-electron chi connectivity index (χ4n) is 2.61. The maximum atomic E-state index is 12.5. The van der Waals surface area contributed by atoms with Gasteiger partial charge in [-0.3, -0.25) is 9.89 Å². The minimum Gasteiger partial charge on any atom is -0.479 e. The largest absolute Gasteiger partial charge is 0.479 e. The SMILES string of the molecule is CC(C)(CC(=O)N1Cc2[nH]ncc2C1C(=O)O)CC(F)F. The summed E-state index contributed by atoms with van der Waals surface area (Å²) in [7, 11) is 0.